The first-order valence-corrected chi connectivity index (χ1v) is 8.17. The molecule has 3 heteroatoms. The molecule has 20 heavy (non-hydrogen) atoms. The molecule has 2 rings (SSSR count). The zero-order valence-electron chi connectivity index (χ0n) is 12.7. The molecule has 0 saturated heterocycles. The molecule has 1 N–H and O–H groups in total. The van der Waals surface area contributed by atoms with Gasteiger partial charge in [-0.15, -0.1) is 0 Å². The minimum absolute atomic E-state index is 0.680. The van der Waals surface area contributed by atoms with Gasteiger partial charge in [0.15, 0.2) is 0 Å². The van der Waals surface area contributed by atoms with E-state index in [1.165, 1.54) is 37.7 Å². The Balaban J connectivity index is 1.90. The summed E-state index contributed by atoms with van der Waals surface area (Å²) in [5.74, 6) is 0.770. The minimum atomic E-state index is 0.680. The normalized spacial score (nSPS) is 23.8. The largest absolute Gasteiger partial charge is 0.317 e. The summed E-state index contributed by atoms with van der Waals surface area (Å²) in [7, 11) is 4.33. The predicted molar refractivity (Wildman–Crippen MR) is 87.2 cm³/mol. The average molecular weight is 295 g/mol. The van der Waals surface area contributed by atoms with Gasteiger partial charge in [0.05, 0.1) is 0 Å². The summed E-state index contributed by atoms with van der Waals surface area (Å²) in [4.78, 5) is 2.44. The maximum absolute atomic E-state index is 6.06. The number of benzene rings is 1. The highest BCUT2D eigenvalue weighted by Gasteiger charge is 2.23. The van der Waals surface area contributed by atoms with E-state index in [2.05, 4.69) is 36.4 Å². The van der Waals surface area contributed by atoms with Crippen LogP contribution in [-0.2, 0) is 6.54 Å². The molecular weight excluding hydrogens is 268 g/mol. The van der Waals surface area contributed by atoms with E-state index < -0.39 is 0 Å². The van der Waals surface area contributed by atoms with Crippen molar-refractivity contribution in [1.29, 1.82) is 0 Å². The van der Waals surface area contributed by atoms with E-state index in [0.29, 0.717) is 6.04 Å². The highest BCUT2D eigenvalue weighted by atomic mass is 35.5. The molecule has 0 amide bonds. The van der Waals surface area contributed by atoms with Crippen molar-refractivity contribution in [2.24, 2.45) is 5.92 Å². The molecule has 1 saturated carbocycles. The first-order chi connectivity index (χ1) is 9.69. The van der Waals surface area contributed by atoms with Gasteiger partial charge in [0.1, 0.15) is 0 Å². The van der Waals surface area contributed by atoms with Gasteiger partial charge in [-0.05, 0) is 50.6 Å². The molecule has 2 nitrogen and oxygen atoms in total. The van der Waals surface area contributed by atoms with Gasteiger partial charge < -0.3 is 10.2 Å². The minimum Gasteiger partial charge on any atom is -0.317 e. The topological polar surface area (TPSA) is 15.3 Å². The van der Waals surface area contributed by atoms with E-state index in [0.717, 1.165) is 24.0 Å². The fourth-order valence-corrected chi connectivity index (χ4v) is 3.61. The monoisotopic (exact) mass is 294 g/mol. The molecule has 1 fully saturated rings. The quantitative estimate of drug-likeness (QED) is 0.828. The van der Waals surface area contributed by atoms with Crippen LogP contribution in [0.4, 0.5) is 0 Å². The van der Waals surface area contributed by atoms with E-state index in [9.17, 15) is 0 Å². The number of halogens is 1. The number of rotatable bonds is 5. The summed E-state index contributed by atoms with van der Waals surface area (Å²) in [6.45, 7) is 2.14. The summed E-state index contributed by atoms with van der Waals surface area (Å²) >= 11 is 6.06. The zero-order chi connectivity index (χ0) is 14.4. The third kappa shape index (κ3) is 4.76. The van der Waals surface area contributed by atoms with Gasteiger partial charge in [-0.2, -0.15) is 0 Å². The number of nitrogens with one attached hydrogen (secondary N) is 1. The Kier molecular flexibility index (Phi) is 6.34. The van der Waals surface area contributed by atoms with Crippen LogP contribution in [0.2, 0.25) is 5.02 Å². The Hall–Kier alpha value is -0.570. The van der Waals surface area contributed by atoms with Crippen molar-refractivity contribution in [3.63, 3.8) is 0 Å². The van der Waals surface area contributed by atoms with Gasteiger partial charge in [0.2, 0.25) is 0 Å². The van der Waals surface area contributed by atoms with E-state index >= 15 is 0 Å². The van der Waals surface area contributed by atoms with Crippen molar-refractivity contribution in [3.05, 3.63) is 34.9 Å². The second kappa shape index (κ2) is 8.02. The predicted octanol–water partition coefficient (Wildman–Crippen LogP) is 3.94. The molecular formula is C17H27ClN2. The fourth-order valence-electron chi connectivity index (χ4n) is 3.39. The number of nitrogens with zero attached hydrogens (tertiary/aromatic N) is 1. The van der Waals surface area contributed by atoms with Crippen molar-refractivity contribution < 1.29 is 0 Å². The van der Waals surface area contributed by atoms with E-state index in [1.807, 2.05) is 12.1 Å². The number of hydrogen-bond donors (Lipinski definition) is 1. The van der Waals surface area contributed by atoms with Gasteiger partial charge in [-0.25, -0.2) is 0 Å². The first-order valence-electron chi connectivity index (χ1n) is 7.79. The molecule has 1 aromatic carbocycles. The molecule has 112 valence electrons. The average Bonchev–Trinajstić information content (AvgIpc) is 2.63. The molecule has 1 aliphatic carbocycles. The van der Waals surface area contributed by atoms with Crippen LogP contribution in [0.5, 0.6) is 0 Å². The maximum Gasteiger partial charge on any atom is 0.0409 e. The summed E-state index contributed by atoms with van der Waals surface area (Å²) in [5.41, 5.74) is 1.30. The Morgan fingerprint density at radius 1 is 1.25 bits per heavy atom. The molecule has 0 aromatic heterocycles. The van der Waals surface area contributed by atoms with Crippen LogP contribution < -0.4 is 5.32 Å². The Morgan fingerprint density at radius 3 is 2.80 bits per heavy atom. The van der Waals surface area contributed by atoms with Crippen LogP contribution >= 0.6 is 11.6 Å². The molecule has 0 aliphatic heterocycles. The summed E-state index contributed by atoms with van der Waals surface area (Å²) in [6, 6.07) is 8.88. The van der Waals surface area contributed by atoms with Gasteiger partial charge in [0, 0.05) is 24.2 Å². The van der Waals surface area contributed by atoms with Crippen LogP contribution in [0, 0.1) is 5.92 Å². The summed E-state index contributed by atoms with van der Waals surface area (Å²) in [6.07, 6.45) is 6.83. The molecule has 1 aromatic rings. The van der Waals surface area contributed by atoms with Crippen molar-refractivity contribution >= 4 is 11.6 Å². The lowest BCUT2D eigenvalue weighted by atomic mass is 9.94. The summed E-state index contributed by atoms with van der Waals surface area (Å²) in [5, 5.41) is 4.36. The lowest BCUT2D eigenvalue weighted by Crippen LogP contribution is -2.39. The molecule has 2 atom stereocenters. The van der Waals surface area contributed by atoms with E-state index in [1.54, 1.807) is 0 Å². The van der Waals surface area contributed by atoms with Crippen LogP contribution in [0.1, 0.15) is 37.7 Å². The van der Waals surface area contributed by atoms with Crippen LogP contribution in [0.25, 0.3) is 0 Å². The molecule has 0 spiro atoms. The molecule has 2 unspecified atom stereocenters. The Labute approximate surface area is 128 Å². The molecule has 0 bridgehead atoms. The van der Waals surface area contributed by atoms with Crippen LogP contribution in [-0.4, -0.2) is 31.6 Å². The van der Waals surface area contributed by atoms with Crippen molar-refractivity contribution in [2.75, 3.05) is 20.6 Å². The lowest BCUT2D eigenvalue weighted by Gasteiger charge is -2.29. The molecule has 0 heterocycles. The van der Waals surface area contributed by atoms with Crippen LogP contribution in [0.3, 0.4) is 0 Å². The number of hydrogen-bond acceptors (Lipinski definition) is 2. The van der Waals surface area contributed by atoms with Crippen molar-refractivity contribution in [1.82, 2.24) is 10.2 Å². The smallest absolute Gasteiger partial charge is 0.0409 e. The second-order valence-corrected chi connectivity index (χ2v) is 6.56. The second-order valence-electron chi connectivity index (χ2n) is 6.12. The maximum atomic E-state index is 6.06. The SMILES string of the molecule is CNC1CCCCCC1CN(C)Cc1cccc(Cl)c1. The summed E-state index contributed by atoms with van der Waals surface area (Å²) < 4.78 is 0. The Bertz CT molecular complexity index is 408. The third-order valence-electron chi connectivity index (χ3n) is 4.42. The highest BCUT2D eigenvalue weighted by molar-refractivity contribution is 6.30. The highest BCUT2D eigenvalue weighted by Crippen LogP contribution is 2.24. The van der Waals surface area contributed by atoms with E-state index in [4.69, 9.17) is 11.6 Å². The van der Waals surface area contributed by atoms with Gasteiger partial charge in [0.25, 0.3) is 0 Å². The zero-order valence-corrected chi connectivity index (χ0v) is 13.5. The standard InChI is InChI=1S/C17H27ClN2/c1-19-17-10-5-3-4-8-15(17)13-20(2)12-14-7-6-9-16(18)11-14/h6-7,9,11,15,17,19H,3-5,8,10,12-13H2,1-2H3. The first kappa shape index (κ1) is 15.8. The molecule has 1 aliphatic rings. The van der Waals surface area contributed by atoms with Crippen LogP contribution in [0.15, 0.2) is 24.3 Å². The van der Waals surface area contributed by atoms with Gasteiger partial charge in [-0.1, -0.05) is 43.0 Å². The fraction of sp³-hybridized carbons (Fsp3) is 0.647. The van der Waals surface area contributed by atoms with Crippen molar-refractivity contribution in [2.45, 2.75) is 44.7 Å². The van der Waals surface area contributed by atoms with Gasteiger partial charge in [-0.3, -0.25) is 0 Å². The van der Waals surface area contributed by atoms with Crippen molar-refractivity contribution in [3.8, 4) is 0 Å². The third-order valence-corrected chi connectivity index (χ3v) is 4.65. The Morgan fingerprint density at radius 2 is 2.05 bits per heavy atom. The van der Waals surface area contributed by atoms with E-state index in [-0.39, 0.29) is 0 Å². The molecule has 0 radical (unpaired) electrons. The lowest BCUT2D eigenvalue weighted by molar-refractivity contribution is 0.223. The van der Waals surface area contributed by atoms with Gasteiger partial charge >= 0.3 is 0 Å².